The van der Waals surface area contributed by atoms with Crippen molar-refractivity contribution in [2.75, 3.05) is 13.1 Å². The molecular formula is C11H11N3O3S. The van der Waals surface area contributed by atoms with Gasteiger partial charge in [0.25, 0.3) is 10.9 Å². The number of nitro groups is 1. The number of hydrogen-bond acceptors (Lipinski definition) is 6. The van der Waals surface area contributed by atoms with E-state index >= 15 is 0 Å². The molecule has 0 spiro atoms. The highest BCUT2D eigenvalue weighted by atomic mass is 32.1. The third kappa shape index (κ3) is 2.14. The van der Waals surface area contributed by atoms with Crippen LogP contribution < -0.4 is 10.1 Å². The largest absolute Gasteiger partial charge is 0.465 e. The number of nitro benzene ring substituents is 1. The van der Waals surface area contributed by atoms with Crippen LogP contribution in [0.4, 0.5) is 5.69 Å². The summed E-state index contributed by atoms with van der Waals surface area (Å²) >= 11 is 1.42. The van der Waals surface area contributed by atoms with Crippen LogP contribution in [0.2, 0.25) is 0 Å². The van der Waals surface area contributed by atoms with Crippen molar-refractivity contribution in [1.82, 2.24) is 10.3 Å². The first-order chi connectivity index (χ1) is 8.72. The third-order valence-corrected chi connectivity index (χ3v) is 3.77. The average Bonchev–Trinajstić information content (AvgIpc) is 2.96. The molecule has 1 aromatic carbocycles. The van der Waals surface area contributed by atoms with E-state index in [1.165, 1.54) is 23.5 Å². The Morgan fingerprint density at radius 2 is 2.44 bits per heavy atom. The van der Waals surface area contributed by atoms with Gasteiger partial charge in [0.1, 0.15) is 6.10 Å². The summed E-state index contributed by atoms with van der Waals surface area (Å²) in [7, 11) is 0. The lowest BCUT2D eigenvalue weighted by Gasteiger charge is -2.07. The van der Waals surface area contributed by atoms with Gasteiger partial charge in [0.2, 0.25) is 0 Å². The predicted molar refractivity (Wildman–Crippen MR) is 68.2 cm³/mol. The zero-order chi connectivity index (χ0) is 12.5. The topological polar surface area (TPSA) is 77.3 Å². The highest BCUT2D eigenvalue weighted by Crippen LogP contribution is 2.31. The maximum atomic E-state index is 10.7. The van der Waals surface area contributed by atoms with Gasteiger partial charge in [0.15, 0.2) is 0 Å². The number of ether oxygens (including phenoxy) is 1. The average molecular weight is 265 g/mol. The molecule has 1 aliphatic rings. The molecule has 1 fully saturated rings. The predicted octanol–water partition coefficient (Wildman–Crippen LogP) is 1.95. The summed E-state index contributed by atoms with van der Waals surface area (Å²) in [5.41, 5.74) is 0.678. The first-order valence-corrected chi connectivity index (χ1v) is 6.46. The number of thiazole rings is 1. The Morgan fingerprint density at radius 1 is 1.56 bits per heavy atom. The van der Waals surface area contributed by atoms with E-state index in [9.17, 15) is 10.1 Å². The minimum Gasteiger partial charge on any atom is -0.465 e. The normalized spacial score (nSPS) is 19.2. The summed E-state index contributed by atoms with van der Waals surface area (Å²) in [6.45, 7) is 1.79. The molecule has 1 aliphatic heterocycles. The zero-order valence-electron chi connectivity index (χ0n) is 9.46. The lowest BCUT2D eigenvalue weighted by Crippen LogP contribution is -2.19. The molecule has 1 atom stereocenters. The van der Waals surface area contributed by atoms with Crippen LogP contribution in [0, 0.1) is 10.1 Å². The summed E-state index contributed by atoms with van der Waals surface area (Å²) < 4.78 is 6.64. The SMILES string of the molecule is O=[N+]([O-])c1ccc2sc(O[C@H]3CCNC3)nc2c1. The van der Waals surface area contributed by atoms with E-state index in [1.807, 2.05) is 0 Å². The minimum absolute atomic E-state index is 0.0573. The molecule has 2 heterocycles. The Hall–Kier alpha value is -1.73. The summed E-state index contributed by atoms with van der Waals surface area (Å²) in [5.74, 6) is 0. The van der Waals surface area contributed by atoms with Crippen molar-refractivity contribution in [1.29, 1.82) is 0 Å². The van der Waals surface area contributed by atoms with Gasteiger partial charge in [-0.05, 0) is 19.0 Å². The summed E-state index contributed by atoms with van der Waals surface area (Å²) in [6, 6.07) is 4.68. The van der Waals surface area contributed by atoms with E-state index in [2.05, 4.69) is 10.3 Å². The second-order valence-electron chi connectivity index (χ2n) is 4.12. The third-order valence-electron chi connectivity index (χ3n) is 2.84. The van der Waals surface area contributed by atoms with E-state index in [4.69, 9.17) is 4.74 Å². The van der Waals surface area contributed by atoms with E-state index in [-0.39, 0.29) is 11.8 Å². The molecule has 2 aromatic rings. The van der Waals surface area contributed by atoms with Gasteiger partial charge < -0.3 is 10.1 Å². The molecule has 6 nitrogen and oxygen atoms in total. The molecule has 7 heteroatoms. The van der Waals surface area contributed by atoms with Crippen molar-refractivity contribution in [2.45, 2.75) is 12.5 Å². The standard InChI is InChI=1S/C11H11N3O3S/c15-14(16)7-1-2-10-9(5-7)13-11(18-10)17-8-3-4-12-6-8/h1-2,5,8,12H,3-4,6H2/t8-/m0/s1. The molecule has 3 rings (SSSR count). The first-order valence-electron chi connectivity index (χ1n) is 5.65. The number of fused-ring (bicyclic) bond motifs is 1. The van der Waals surface area contributed by atoms with Crippen molar-refractivity contribution >= 4 is 27.2 Å². The molecule has 0 unspecified atom stereocenters. The molecule has 0 bridgehead atoms. The molecule has 1 saturated heterocycles. The van der Waals surface area contributed by atoms with E-state index in [0.717, 1.165) is 24.2 Å². The summed E-state index contributed by atoms with van der Waals surface area (Å²) in [4.78, 5) is 14.5. The van der Waals surface area contributed by atoms with Gasteiger partial charge in [-0.15, -0.1) is 0 Å². The Bertz CT molecular complexity index is 592. The van der Waals surface area contributed by atoms with Crippen LogP contribution in [-0.2, 0) is 0 Å². The second kappa shape index (κ2) is 4.51. The van der Waals surface area contributed by atoms with Crippen molar-refractivity contribution in [3.8, 4) is 5.19 Å². The van der Waals surface area contributed by atoms with Crippen molar-refractivity contribution in [2.24, 2.45) is 0 Å². The molecule has 0 saturated carbocycles. The highest BCUT2D eigenvalue weighted by molar-refractivity contribution is 7.20. The monoisotopic (exact) mass is 265 g/mol. The molecule has 94 valence electrons. The Kier molecular flexibility index (Phi) is 2.85. The summed E-state index contributed by atoms with van der Waals surface area (Å²) in [6.07, 6.45) is 1.12. The van der Waals surface area contributed by atoms with E-state index in [0.29, 0.717) is 10.7 Å². The molecule has 0 radical (unpaired) electrons. The number of rotatable bonds is 3. The number of aromatic nitrogens is 1. The van der Waals surface area contributed by atoms with Crippen molar-refractivity contribution in [3.05, 3.63) is 28.3 Å². The fraction of sp³-hybridized carbons (Fsp3) is 0.364. The number of nitrogens with zero attached hydrogens (tertiary/aromatic N) is 2. The van der Waals surface area contributed by atoms with Crippen LogP contribution in [0.3, 0.4) is 0 Å². The summed E-state index contributed by atoms with van der Waals surface area (Å²) in [5, 5.41) is 14.5. The van der Waals surface area contributed by atoms with Gasteiger partial charge in [0, 0.05) is 18.7 Å². The van der Waals surface area contributed by atoms with Crippen molar-refractivity contribution < 1.29 is 9.66 Å². The van der Waals surface area contributed by atoms with E-state index < -0.39 is 4.92 Å². The first kappa shape index (κ1) is 11.4. The van der Waals surface area contributed by atoms with Gasteiger partial charge in [-0.1, -0.05) is 11.3 Å². The number of benzene rings is 1. The van der Waals surface area contributed by atoms with Gasteiger partial charge in [0.05, 0.1) is 15.1 Å². The quantitative estimate of drug-likeness (QED) is 0.678. The fourth-order valence-electron chi connectivity index (χ4n) is 1.93. The smallest absolute Gasteiger partial charge is 0.274 e. The molecular weight excluding hydrogens is 254 g/mol. The zero-order valence-corrected chi connectivity index (χ0v) is 10.3. The minimum atomic E-state index is -0.416. The molecule has 18 heavy (non-hydrogen) atoms. The van der Waals surface area contributed by atoms with Gasteiger partial charge in [-0.25, -0.2) is 4.98 Å². The van der Waals surface area contributed by atoms with Crippen LogP contribution in [0.1, 0.15) is 6.42 Å². The molecule has 0 aliphatic carbocycles. The Labute approximate surface area is 107 Å². The highest BCUT2D eigenvalue weighted by Gasteiger charge is 2.18. The molecule has 1 N–H and O–H groups in total. The lowest BCUT2D eigenvalue weighted by atomic mass is 10.3. The Balaban J connectivity index is 1.87. The number of non-ortho nitro benzene ring substituents is 1. The van der Waals surface area contributed by atoms with Crippen molar-refractivity contribution in [3.63, 3.8) is 0 Å². The van der Waals surface area contributed by atoms with Crippen LogP contribution in [-0.4, -0.2) is 29.1 Å². The maximum absolute atomic E-state index is 10.7. The van der Waals surface area contributed by atoms with Crippen LogP contribution >= 0.6 is 11.3 Å². The molecule has 0 amide bonds. The van der Waals surface area contributed by atoms with Gasteiger partial charge in [-0.3, -0.25) is 10.1 Å². The van der Waals surface area contributed by atoms with Crippen LogP contribution in [0.5, 0.6) is 5.19 Å². The van der Waals surface area contributed by atoms with Gasteiger partial charge in [-0.2, -0.15) is 0 Å². The Morgan fingerprint density at radius 3 is 3.17 bits per heavy atom. The molecule has 1 aromatic heterocycles. The fourth-order valence-corrected chi connectivity index (χ4v) is 2.79. The van der Waals surface area contributed by atoms with E-state index in [1.54, 1.807) is 6.07 Å². The number of hydrogen-bond donors (Lipinski definition) is 1. The lowest BCUT2D eigenvalue weighted by molar-refractivity contribution is -0.384. The van der Waals surface area contributed by atoms with Crippen LogP contribution in [0.25, 0.3) is 10.2 Å². The van der Waals surface area contributed by atoms with Gasteiger partial charge >= 0.3 is 0 Å². The number of nitrogens with one attached hydrogen (secondary N) is 1. The second-order valence-corrected chi connectivity index (χ2v) is 5.11. The maximum Gasteiger partial charge on any atom is 0.274 e. The van der Waals surface area contributed by atoms with Crippen LogP contribution in [0.15, 0.2) is 18.2 Å².